The molecule has 0 aliphatic rings. The van der Waals surface area contributed by atoms with Crippen LogP contribution in [0.1, 0.15) is 32.0 Å². The predicted octanol–water partition coefficient (Wildman–Crippen LogP) is 12.4. The van der Waals surface area contributed by atoms with E-state index in [4.69, 9.17) is 14.4 Å². The van der Waals surface area contributed by atoms with Crippen LogP contribution in [0.4, 0.5) is 0 Å². The van der Waals surface area contributed by atoms with Crippen LogP contribution in [0.25, 0.3) is 72.6 Å². The standard InChI is InChI=1S/C31H20N3O.C19H26NSi.Ir/c1-20-18-19-24-23-13-9-14-25(29(23)35-31(24)32-20)30-33-26-15-6-8-17-28(26)34(30)27-16-7-5-12-22(27)21-10-3-2-4-11-21;1-19(2,3)13-16-12-17(15-10-8-7-9-11-15)20-14-18(16)21(4,5)6;/h2-13,15-19H,1H3;7-10,12,14H,13H2,1-6H3;/q2*-1;. The molecule has 0 saturated heterocycles. The van der Waals surface area contributed by atoms with E-state index >= 15 is 0 Å². The molecule has 57 heavy (non-hydrogen) atoms. The molecule has 0 fully saturated rings. The number of furan rings is 1. The Morgan fingerprint density at radius 2 is 1.47 bits per heavy atom. The number of aryl methyl sites for hydroxylation is 1. The predicted molar refractivity (Wildman–Crippen MR) is 235 cm³/mol. The van der Waals surface area contributed by atoms with Crippen molar-refractivity contribution in [1.29, 1.82) is 0 Å². The molecule has 0 saturated carbocycles. The molecule has 4 aromatic heterocycles. The second-order valence-electron chi connectivity index (χ2n) is 16.6. The van der Waals surface area contributed by atoms with Crippen LogP contribution in [-0.2, 0) is 26.5 Å². The average molecular weight is 939 g/mol. The number of nitrogens with zero attached hydrogens (tertiary/aromatic N) is 4. The topological polar surface area (TPSA) is 56.7 Å². The number of pyridine rings is 2. The molecule has 5 aromatic carbocycles. The molecule has 7 heteroatoms. The van der Waals surface area contributed by atoms with Crippen LogP contribution < -0.4 is 5.19 Å². The van der Waals surface area contributed by atoms with E-state index in [1.807, 2.05) is 67.6 Å². The smallest absolute Gasteiger partial charge is 0.216 e. The molecular weight excluding hydrogens is 893 g/mol. The fourth-order valence-electron chi connectivity index (χ4n) is 7.44. The van der Waals surface area contributed by atoms with E-state index in [1.165, 1.54) is 10.8 Å². The van der Waals surface area contributed by atoms with Gasteiger partial charge in [0.2, 0.25) is 5.71 Å². The maximum atomic E-state index is 6.32. The van der Waals surface area contributed by atoms with Crippen molar-refractivity contribution >= 4 is 46.4 Å². The summed E-state index contributed by atoms with van der Waals surface area (Å²) in [5.74, 6) is 0.788. The van der Waals surface area contributed by atoms with Gasteiger partial charge in [0.25, 0.3) is 0 Å². The molecule has 9 aromatic rings. The Hall–Kier alpha value is -5.46. The number of rotatable bonds is 6. The fourth-order valence-corrected chi connectivity index (χ4v) is 9.01. The van der Waals surface area contributed by atoms with E-state index < -0.39 is 8.07 Å². The SMILES string of the molecule is CC(C)(C)Cc1cc(-c2[c-]cccc2)ncc1[Si](C)(C)C.Cc1ccc2c(n1)oc1c(-c3nc4ccccc4n3-c3ccccc3-c3ccccc3)[c-]ccc12.[Ir]. The quantitative estimate of drug-likeness (QED) is 0.123. The zero-order chi connectivity index (χ0) is 39.0. The van der Waals surface area contributed by atoms with E-state index in [1.54, 1.807) is 0 Å². The minimum Gasteiger partial charge on any atom is -0.486 e. The molecular formula is C50H46IrN4OSi-2. The number of para-hydroxylation sites is 3. The Balaban J connectivity index is 0.000000195. The number of fused-ring (bicyclic) bond motifs is 4. The minimum atomic E-state index is -1.37. The van der Waals surface area contributed by atoms with Crippen LogP contribution in [0.15, 0.2) is 144 Å². The van der Waals surface area contributed by atoms with Gasteiger partial charge in [-0.3, -0.25) is 4.98 Å². The van der Waals surface area contributed by atoms with E-state index in [0.717, 1.165) is 79.0 Å². The fraction of sp³-hybridized carbons (Fsp3) is 0.180. The van der Waals surface area contributed by atoms with Gasteiger partial charge < -0.3 is 14.0 Å². The first-order valence-electron chi connectivity index (χ1n) is 19.2. The van der Waals surface area contributed by atoms with Gasteiger partial charge in [-0.15, -0.1) is 54.1 Å². The summed E-state index contributed by atoms with van der Waals surface area (Å²) in [4.78, 5) is 14.4. The molecule has 0 amide bonds. The molecule has 0 N–H and O–H groups in total. The van der Waals surface area contributed by atoms with Crippen molar-refractivity contribution in [2.75, 3.05) is 0 Å². The van der Waals surface area contributed by atoms with Crippen LogP contribution in [0.5, 0.6) is 0 Å². The van der Waals surface area contributed by atoms with Crippen molar-refractivity contribution < 1.29 is 24.5 Å². The monoisotopic (exact) mass is 939 g/mol. The number of benzene rings is 5. The molecule has 0 unspecified atom stereocenters. The summed E-state index contributed by atoms with van der Waals surface area (Å²) in [6.45, 7) is 16.1. The molecule has 9 rings (SSSR count). The maximum absolute atomic E-state index is 6.32. The van der Waals surface area contributed by atoms with Gasteiger partial charge in [0.1, 0.15) is 0 Å². The summed E-state index contributed by atoms with van der Waals surface area (Å²) >= 11 is 0. The molecule has 287 valence electrons. The van der Waals surface area contributed by atoms with Crippen LogP contribution in [0.2, 0.25) is 19.6 Å². The van der Waals surface area contributed by atoms with Gasteiger partial charge in [-0.1, -0.05) is 124 Å². The Kier molecular flexibility index (Phi) is 11.3. The van der Waals surface area contributed by atoms with Gasteiger partial charge in [-0.2, -0.15) is 0 Å². The normalized spacial score (nSPS) is 11.7. The molecule has 4 heterocycles. The van der Waals surface area contributed by atoms with E-state index in [0.29, 0.717) is 5.71 Å². The van der Waals surface area contributed by atoms with Gasteiger partial charge >= 0.3 is 0 Å². The largest absolute Gasteiger partial charge is 0.486 e. The van der Waals surface area contributed by atoms with Gasteiger partial charge in [0.05, 0.1) is 30.5 Å². The average Bonchev–Trinajstić information content (AvgIpc) is 3.76. The summed E-state index contributed by atoms with van der Waals surface area (Å²) in [6.07, 6.45) is 3.21. The summed E-state index contributed by atoms with van der Waals surface area (Å²) in [7, 11) is -1.37. The van der Waals surface area contributed by atoms with Gasteiger partial charge in [0.15, 0.2) is 0 Å². The summed E-state index contributed by atoms with van der Waals surface area (Å²) in [6, 6.07) is 52.2. The minimum absolute atomic E-state index is 0. The van der Waals surface area contributed by atoms with Crippen LogP contribution in [0, 0.1) is 24.5 Å². The first-order valence-corrected chi connectivity index (χ1v) is 22.7. The first-order chi connectivity index (χ1) is 26.9. The van der Waals surface area contributed by atoms with E-state index in [-0.39, 0.29) is 25.5 Å². The van der Waals surface area contributed by atoms with E-state index in [2.05, 4.69) is 141 Å². The molecule has 1 radical (unpaired) electrons. The zero-order valence-electron chi connectivity index (χ0n) is 33.5. The molecule has 0 bridgehead atoms. The third kappa shape index (κ3) is 8.33. The van der Waals surface area contributed by atoms with Crippen LogP contribution in [0.3, 0.4) is 0 Å². The second-order valence-corrected chi connectivity index (χ2v) is 21.7. The number of aromatic nitrogens is 4. The third-order valence-corrected chi connectivity index (χ3v) is 12.0. The molecule has 0 spiro atoms. The van der Waals surface area contributed by atoms with Crippen molar-refractivity contribution in [3.8, 4) is 39.5 Å². The van der Waals surface area contributed by atoms with Crippen molar-refractivity contribution in [1.82, 2.24) is 19.5 Å². The number of hydrogen-bond donors (Lipinski definition) is 0. The first kappa shape index (κ1) is 39.8. The zero-order valence-corrected chi connectivity index (χ0v) is 36.9. The summed E-state index contributed by atoms with van der Waals surface area (Å²) in [5.41, 5.74) is 12.3. The van der Waals surface area contributed by atoms with Crippen molar-refractivity contribution in [2.45, 2.75) is 53.8 Å². The molecule has 0 atom stereocenters. The van der Waals surface area contributed by atoms with E-state index in [9.17, 15) is 0 Å². The molecule has 5 nitrogen and oxygen atoms in total. The Morgan fingerprint density at radius 1 is 0.737 bits per heavy atom. The Morgan fingerprint density at radius 3 is 2.23 bits per heavy atom. The van der Waals surface area contributed by atoms with Crippen LogP contribution in [-0.4, -0.2) is 27.6 Å². The van der Waals surface area contributed by atoms with Gasteiger partial charge in [-0.25, -0.2) is 4.98 Å². The summed E-state index contributed by atoms with van der Waals surface area (Å²) in [5, 5.41) is 3.49. The summed E-state index contributed by atoms with van der Waals surface area (Å²) < 4.78 is 8.54. The Labute approximate surface area is 350 Å². The third-order valence-electron chi connectivity index (χ3n) is 9.96. The Bertz CT molecular complexity index is 2810. The molecule has 0 aliphatic heterocycles. The van der Waals surface area contributed by atoms with Crippen molar-refractivity contribution in [2.24, 2.45) is 5.41 Å². The van der Waals surface area contributed by atoms with Gasteiger partial charge in [-0.05, 0) is 65.5 Å². The van der Waals surface area contributed by atoms with Gasteiger partial charge in [0, 0.05) is 48.6 Å². The van der Waals surface area contributed by atoms with Crippen molar-refractivity contribution in [3.63, 3.8) is 0 Å². The number of imidazole rings is 1. The van der Waals surface area contributed by atoms with Crippen LogP contribution >= 0.6 is 0 Å². The second kappa shape index (κ2) is 16.2. The maximum Gasteiger partial charge on any atom is 0.216 e. The molecule has 0 aliphatic carbocycles. The number of hydrogen-bond acceptors (Lipinski definition) is 4. The van der Waals surface area contributed by atoms with Crippen molar-refractivity contribution in [3.05, 3.63) is 163 Å².